The van der Waals surface area contributed by atoms with Crippen LogP contribution in [0.15, 0.2) is 36.3 Å². The summed E-state index contributed by atoms with van der Waals surface area (Å²) in [5.41, 5.74) is 3.14. The number of carbonyl (C=O) groups excluding carboxylic acids is 1. The van der Waals surface area contributed by atoms with Crippen LogP contribution < -0.4 is 10.6 Å². The number of nitrogens with one attached hydrogen (secondary N) is 2. The van der Waals surface area contributed by atoms with E-state index in [-0.39, 0.29) is 5.91 Å². The molecule has 0 bridgehead atoms. The third-order valence-electron chi connectivity index (χ3n) is 3.19. The molecule has 0 aliphatic carbocycles. The van der Waals surface area contributed by atoms with Crippen molar-refractivity contribution in [3.63, 3.8) is 0 Å². The Bertz CT molecular complexity index is 757. The maximum Gasteiger partial charge on any atom is 0.228 e. The van der Waals surface area contributed by atoms with Gasteiger partial charge in [0.2, 0.25) is 5.91 Å². The van der Waals surface area contributed by atoms with Crippen molar-refractivity contribution in [1.82, 2.24) is 19.9 Å². The van der Waals surface area contributed by atoms with Gasteiger partial charge in [-0.05, 0) is 31.6 Å². The van der Waals surface area contributed by atoms with Gasteiger partial charge in [0.15, 0.2) is 5.65 Å². The lowest BCUT2D eigenvalue weighted by Crippen LogP contribution is -2.11. The minimum Gasteiger partial charge on any atom is -0.368 e. The quantitative estimate of drug-likeness (QED) is 0.903. The van der Waals surface area contributed by atoms with Crippen LogP contribution in [-0.2, 0) is 4.79 Å². The van der Waals surface area contributed by atoms with Crippen LogP contribution in [0.2, 0.25) is 0 Å². The summed E-state index contributed by atoms with van der Waals surface area (Å²) >= 11 is 0. The predicted molar refractivity (Wildman–Crippen MR) is 81.6 cm³/mol. The van der Waals surface area contributed by atoms with Gasteiger partial charge in [-0.25, -0.2) is 9.50 Å². The highest BCUT2D eigenvalue weighted by Crippen LogP contribution is 2.22. The lowest BCUT2D eigenvalue weighted by atomic mass is 10.1. The molecule has 0 radical (unpaired) electrons. The van der Waals surface area contributed by atoms with Crippen molar-refractivity contribution in [1.29, 1.82) is 0 Å². The van der Waals surface area contributed by atoms with Crippen LogP contribution >= 0.6 is 0 Å². The number of anilines is 1. The molecular weight excluding hydrogens is 266 g/mol. The second-order valence-corrected chi connectivity index (χ2v) is 5.35. The normalized spacial score (nSPS) is 17.0. The third kappa shape index (κ3) is 2.65. The second kappa shape index (κ2) is 5.05. The van der Waals surface area contributed by atoms with Gasteiger partial charge in [0, 0.05) is 23.5 Å². The monoisotopic (exact) mass is 283 g/mol. The van der Waals surface area contributed by atoms with Crippen LogP contribution in [-0.4, -0.2) is 26.5 Å². The molecule has 2 N–H and O–H groups in total. The molecular formula is C15H17N5O. The molecule has 2 aromatic rings. The molecule has 1 aliphatic heterocycles. The Labute approximate surface area is 122 Å². The molecule has 1 amide bonds. The first-order valence-electron chi connectivity index (χ1n) is 6.83. The molecule has 0 saturated carbocycles. The molecule has 0 spiro atoms. The summed E-state index contributed by atoms with van der Waals surface area (Å²) in [6, 6.07) is 2.19. The van der Waals surface area contributed by atoms with Gasteiger partial charge in [0.05, 0.1) is 12.6 Å². The number of carbonyl (C=O) groups is 1. The molecule has 108 valence electrons. The molecule has 1 aliphatic rings. The second-order valence-electron chi connectivity index (χ2n) is 5.35. The largest absolute Gasteiger partial charge is 0.368 e. The number of hydrogen-bond acceptors (Lipinski definition) is 4. The number of aromatic nitrogens is 3. The van der Waals surface area contributed by atoms with Crippen molar-refractivity contribution in [2.45, 2.75) is 26.3 Å². The van der Waals surface area contributed by atoms with Gasteiger partial charge in [0.25, 0.3) is 0 Å². The van der Waals surface area contributed by atoms with E-state index in [0.717, 1.165) is 22.6 Å². The van der Waals surface area contributed by atoms with Crippen molar-refractivity contribution in [2.75, 3.05) is 5.32 Å². The van der Waals surface area contributed by atoms with Gasteiger partial charge in [-0.3, -0.25) is 4.79 Å². The first-order chi connectivity index (χ1) is 10.0. The molecule has 21 heavy (non-hydrogen) atoms. The van der Waals surface area contributed by atoms with Crippen molar-refractivity contribution < 1.29 is 4.79 Å². The number of fused-ring (bicyclic) bond motifs is 1. The van der Waals surface area contributed by atoms with Gasteiger partial charge >= 0.3 is 0 Å². The Hall–Kier alpha value is -2.63. The summed E-state index contributed by atoms with van der Waals surface area (Å²) in [4.78, 5) is 15.9. The van der Waals surface area contributed by atoms with E-state index in [9.17, 15) is 4.79 Å². The SMILES string of the molecule is C=C1NC(=O)C/C1=C\c1cnn2ccc(NC(C)C)nc12. The number of allylic oxidation sites excluding steroid dienone is 1. The third-order valence-corrected chi connectivity index (χ3v) is 3.19. The zero-order valence-corrected chi connectivity index (χ0v) is 12.1. The maximum absolute atomic E-state index is 11.4. The van der Waals surface area contributed by atoms with E-state index in [1.165, 1.54) is 0 Å². The van der Waals surface area contributed by atoms with Crippen LogP contribution in [0.3, 0.4) is 0 Å². The first kappa shape index (κ1) is 13.4. The fraction of sp³-hybridized carbons (Fsp3) is 0.267. The van der Waals surface area contributed by atoms with Crippen molar-refractivity contribution in [2.24, 2.45) is 0 Å². The van der Waals surface area contributed by atoms with E-state index in [2.05, 4.69) is 41.1 Å². The molecule has 2 aromatic heterocycles. The Morgan fingerprint density at radius 3 is 3.00 bits per heavy atom. The van der Waals surface area contributed by atoms with Crippen LogP contribution in [0, 0.1) is 0 Å². The van der Waals surface area contributed by atoms with Crippen LogP contribution in [0.5, 0.6) is 0 Å². The van der Waals surface area contributed by atoms with Gasteiger partial charge in [-0.15, -0.1) is 0 Å². The lowest BCUT2D eigenvalue weighted by molar-refractivity contribution is -0.118. The highest BCUT2D eigenvalue weighted by Gasteiger charge is 2.19. The zero-order valence-electron chi connectivity index (χ0n) is 12.1. The van der Waals surface area contributed by atoms with Gasteiger partial charge in [-0.1, -0.05) is 6.58 Å². The number of hydrogen-bond donors (Lipinski definition) is 2. The van der Waals surface area contributed by atoms with E-state index < -0.39 is 0 Å². The van der Waals surface area contributed by atoms with E-state index >= 15 is 0 Å². The molecule has 0 atom stereocenters. The standard InChI is InChI=1S/C15H17N5O/c1-9(2)17-13-4-5-20-15(19-13)12(8-16-20)6-11-7-14(21)18-10(11)3/h4-6,8-9H,3,7H2,1-2H3,(H,17,19)(H,18,21)/b11-6+. The fourth-order valence-electron chi connectivity index (χ4n) is 2.26. The zero-order chi connectivity index (χ0) is 15.0. The minimum absolute atomic E-state index is 0.0298. The van der Waals surface area contributed by atoms with E-state index in [1.807, 2.05) is 18.3 Å². The van der Waals surface area contributed by atoms with E-state index in [0.29, 0.717) is 18.2 Å². The molecule has 3 rings (SSSR count). The summed E-state index contributed by atoms with van der Waals surface area (Å²) in [6.07, 6.45) is 5.86. The number of nitrogens with zero attached hydrogens (tertiary/aromatic N) is 3. The average molecular weight is 283 g/mol. The predicted octanol–water partition coefficient (Wildman–Crippen LogP) is 1.97. The summed E-state index contributed by atoms with van der Waals surface area (Å²) in [5, 5.41) is 10.2. The highest BCUT2D eigenvalue weighted by atomic mass is 16.1. The Balaban J connectivity index is 2.01. The smallest absolute Gasteiger partial charge is 0.228 e. The maximum atomic E-state index is 11.4. The van der Waals surface area contributed by atoms with E-state index in [4.69, 9.17) is 0 Å². The topological polar surface area (TPSA) is 71.3 Å². The lowest BCUT2D eigenvalue weighted by Gasteiger charge is -2.08. The molecule has 3 heterocycles. The molecule has 0 unspecified atom stereocenters. The summed E-state index contributed by atoms with van der Waals surface area (Å²) in [7, 11) is 0. The average Bonchev–Trinajstić information content (AvgIpc) is 2.93. The molecule has 6 nitrogen and oxygen atoms in total. The van der Waals surface area contributed by atoms with Crippen LogP contribution in [0.4, 0.5) is 5.82 Å². The van der Waals surface area contributed by atoms with Crippen molar-refractivity contribution in [3.05, 3.63) is 41.9 Å². The Morgan fingerprint density at radius 1 is 1.52 bits per heavy atom. The van der Waals surface area contributed by atoms with Gasteiger partial charge < -0.3 is 10.6 Å². The molecule has 6 heteroatoms. The van der Waals surface area contributed by atoms with Gasteiger partial charge in [0.1, 0.15) is 5.82 Å². The van der Waals surface area contributed by atoms with Crippen molar-refractivity contribution >= 4 is 23.4 Å². The van der Waals surface area contributed by atoms with Crippen LogP contribution in [0.1, 0.15) is 25.8 Å². The molecule has 1 saturated heterocycles. The summed E-state index contributed by atoms with van der Waals surface area (Å²) in [5.74, 6) is 0.773. The highest BCUT2D eigenvalue weighted by molar-refractivity contribution is 5.89. The fourth-order valence-corrected chi connectivity index (χ4v) is 2.26. The molecule has 0 aromatic carbocycles. The Kier molecular flexibility index (Phi) is 3.21. The van der Waals surface area contributed by atoms with Crippen LogP contribution in [0.25, 0.3) is 11.7 Å². The minimum atomic E-state index is -0.0298. The number of amides is 1. The Morgan fingerprint density at radius 2 is 2.33 bits per heavy atom. The summed E-state index contributed by atoms with van der Waals surface area (Å²) in [6.45, 7) is 7.96. The summed E-state index contributed by atoms with van der Waals surface area (Å²) < 4.78 is 1.71. The molecule has 1 fully saturated rings. The number of rotatable bonds is 3. The van der Waals surface area contributed by atoms with Crippen molar-refractivity contribution in [3.8, 4) is 0 Å². The first-order valence-corrected chi connectivity index (χ1v) is 6.83. The van der Waals surface area contributed by atoms with E-state index in [1.54, 1.807) is 10.7 Å². The van der Waals surface area contributed by atoms with Gasteiger partial charge in [-0.2, -0.15) is 5.10 Å².